The quantitative estimate of drug-likeness (QED) is 0.632. The van der Waals surface area contributed by atoms with E-state index in [9.17, 15) is 4.39 Å². The van der Waals surface area contributed by atoms with Gasteiger partial charge in [-0.05, 0) is 48.2 Å². The van der Waals surface area contributed by atoms with Crippen LogP contribution in [0.3, 0.4) is 0 Å². The molecule has 0 unspecified atom stereocenters. The number of nitrogens with one attached hydrogen (secondary N) is 2. The molecule has 0 aliphatic heterocycles. The Morgan fingerprint density at radius 2 is 1.96 bits per heavy atom. The van der Waals surface area contributed by atoms with E-state index in [0.717, 1.165) is 24.3 Å². The molecule has 2 aromatic rings. The first-order chi connectivity index (χ1) is 11.6. The van der Waals surface area contributed by atoms with Gasteiger partial charge in [-0.1, -0.05) is 24.3 Å². The number of guanidine groups is 1. The third kappa shape index (κ3) is 5.26. The van der Waals surface area contributed by atoms with Gasteiger partial charge in [0.25, 0.3) is 0 Å². The summed E-state index contributed by atoms with van der Waals surface area (Å²) in [6.45, 7) is 3.02. The summed E-state index contributed by atoms with van der Waals surface area (Å²) in [5.74, 6) is 1.37. The molecule has 0 heterocycles. The second-order valence-electron chi connectivity index (χ2n) is 5.54. The van der Waals surface area contributed by atoms with Crippen LogP contribution in [0.5, 0.6) is 5.75 Å². The number of hydrogen-bond acceptors (Lipinski definition) is 2. The Morgan fingerprint density at radius 3 is 2.67 bits per heavy atom. The van der Waals surface area contributed by atoms with Crippen molar-refractivity contribution < 1.29 is 9.13 Å². The number of benzene rings is 2. The maximum absolute atomic E-state index is 13.6. The summed E-state index contributed by atoms with van der Waals surface area (Å²) in [6, 6.07) is 13.2. The predicted octanol–water partition coefficient (Wildman–Crippen LogP) is 3.05. The van der Waals surface area contributed by atoms with Gasteiger partial charge in [-0.3, -0.25) is 4.99 Å². The van der Waals surface area contributed by atoms with Crippen molar-refractivity contribution in [1.82, 2.24) is 10.6 Å². The van der Waals surface area contributed by atoms with Gasteiger partial charge in [0.05, 0.1) is 7.11 Å². The first-order valence-corrected chi connectivity index (χ1v) is 7.95. The Balaban J connectivity index is 1.80. The molecule has 2 rings (SSSR count). The summed E-state index contributed by atoms with van der Waals surface area (Å²) in [5.41, 5.74) is 2.73. The van der Waals surface area contributed by atoms with Crippen LogP contribution in [0.15, 0.2) is 47.5 Å². The molecule has 0 saturated heterocycles. The summed E-state index contributed by atoms with van der Waals surface area (Å²) < 4.78 is 18.8. The van der Waals surface area contributed by atoms with E-state index in [1.54, 1.807) is 33.2 Å². The lowest BCUT2D eigenvalue weighted by atomic mass is 10.1. The van der Waals surface area contributed by atoms with Crippen LogP contribution in [-0.4, -0.2) is 26.7 Å². The van der Waals surface area contributed by atoms with Crippen LogP contribution in [0.1, 0.15) is 16.7 Å². The molecular formula is C19H24FN3O. The van der Waals surface area contributed by atoms with Crippen molar-refractivity contribution in [2.45, 2.75) is 19.9 Å². The highest BCUT2D eigenvalue weighted by Crippen LogP contribution is 2.12. The summed E-state index contributed by atoms with van der Waals surface area (Å²) in [7, 11) is 3.38. The third-order valence-corrected chi connectivity index (χ3v) is 3.76. The molecule has 2 aromatic carbocycles. The molecule has 0 radical (unpaired) electrons. The van der Waals surface area contributed by atoms with Crippen molar-refractivity contribution >= 4 is 5.96 Å². The maximum atomic E-state index is 13.6. The van der Waals surface area contributed by atoms with E-state index >= 15 is 0 Å². The van der Waals surface area contributed by atoms with E-state index in [0.29, 0.717) is 18.1 Å². The van der Waals surface area contributed by atoms with Gasteiger partial charge in [0, 0.05) is 20.1 Å². The van der Waals surface area contributed by atoms with Crippen LogP contribution in [-0.2, 0) is 13.0 Å². The highest BCUT2D eigenvalue weighted by Gasteiger charge is 2.02. The standard InChI is InChI=1S/C19H24FN3O/c1-14-7-8-16(12-18(14)20)13-23-19(21-2)22-10-9-15-5-4-6-17(11-15)24-3/h4-8,11-12H,9-10,13H2,1-3H3,(H2,21,22,23). The van der Waals surface area contributed by atoms with E-state index in [-0.39, 0.29) is 5.82 Å². The molecule has 0 aromatic heterocycles. The Hall–Kier alpha value is -2.56. The van der Waals surface area contributed by atoms with Gasteiger partial charge < -0.3 is 15.4 Å². The van der Waals surface area contributed by atoms with Gasteiger partial charge in [0.1, 0.15) is 11.6 Å². The van der Waals surface area contributed by atoms with Gasteiger partial charge in [-0.25, -0.2) is 4.39 Å². The smallest absolute Gasteiger partial charge is 0.191 e. The highest BCUT2D eigenvalue weighted by atomic mass is 19.1. The molecule has 0 fully saturated rings. The topological polar surface area (TPSA) is 45.7 Å². The largest absolute Gasteiger partial charge is 0.497 e. The number of rotatable bonds is 6. The molecule has 0 bridgehead atoms. The molecule has 0 saturated carbocycles. The highest BCUT2D eigenvalue weighted by molar-refractivity contribution is 5.79. The molecule has 0 aliphatic carbocycles. The van der Waals surface area contributed by atoms with Crippen molar-refractivity contribution in [1.29, 1.82) is 0 Å². The molecule has 0 amide bonds. The number of aliphatic imine (C=N–C) groups is 1. The SMILES string of the molecule is CN=C(NCCc1cccc(OC)c1)NCc1ccc(C)c(F)c1. The van der Waals surface area contributed by atoms with Crippen molar-refractivity contribution in [2.24, 2.45) is 4.99 Å². The number of hydrogen-bond donors (Lipinski definition) is 2. The minimum atomic E-state index is -0.185. The second kappa shape index (κ2) is 8.91. The molecular weight excluding hydrogens is 305 g/mol. The first kappa shape index (κ1) is 17.8. The fourth-order valence-electron chi connectivity index (χ4n) is 2.31. The second-order valence-corrected chi connectivity index (χ2v) is 5.54. The maximum Gasteiger partial charge on any atom is 0.191 e. The lowest BCUT2D eigenvalue weighted by Gasteiger charge is -2.12. The molecule has 2 N–H and O–H groups in total. The van der Waals surface area contributed by atoms with Crippen molar-refractivity contribution in [3.8, 4) is 5.75 Å². The number of ether oxygens (including phenoxy) is 1. The number of halogens is 1. The van der Waals surface area contributed by atoms with Gasteiger partial charge in [-0.2, -0.15) is 0 Å². The number of aryl methyl sites for hydroxylation is 1. The summed E-state index contributed by atoms with van der Waals surface area (Å²) in [6.07, 6.45) is 0.858. The first-order valence-electron chi connectivity index (χ1n) is 7.95. The third-order valence-electron chi connectivity index (χ3n) is 3.76. The zero-order valence-corrected chi connectivity index (χ0v) is 14.4. The molecule has 4 nitrogen and oxygen atoms in total. The zero-order chi connectivity index (χ0) is 17.4. The number of methoxy groups -OCH3 is 1. The molecule has 0 atom stereocenters. The van der Waals surface area contributed by atoms with Crippen molar-refractivity contribution in [3.05, 3.63) is 65.0 Å². The average Bonchev–Trinajstić information content (AvgIpc) is 2.61. The van der Waals surface area contributed by atoms with Crippen LogP contribution in [0.4, 0.5) is 4.39 Å². The van der Waals surface area contributed by atoms with E-state index in [2.05, 4.69) is 21.7 Å². The Kier molecular flexibility index (Phi) is 6.61. The fourth-order valence-corrected chi connectivity index (χ4v) is 2.31. The van der Waals surface area contributed by atoms with Gasteiger partial charge in [0.15, 0.2) is 5.96 Å². The van der Waals surface area contributed by atoms with Crippen LogP contribution < -0.4 is 15.4 Å². The van der Waals surface area contributed by atoms with E-state index < -0.39 is 0 Å². The minimum Gasteiger partial charge on any atom is -0.497 e. The van der Waals surface area contributed by atoms with Crippen molar-refractivity contribution in [2.75, 3.05) is 20.7 Å². The van der Waals surface area contributed by atoms with Crippen LogP contribution >= 0.6 is 0 Å². The Morgan fingerprint density at radius 1 is 1.12 bits per heavy atom. The molecule has 0 aliphatic rings. The van der Waals surface area contributed by atoms with Gasteiger partial charge >= 0.3 is 0 Å². The monoisotopic (exact) mass is 329 g/mol. The molecule has 24 heavy (non-hydrogen) atoms. The summed E-state index contributed by atoms with van der Waals surface area (Å²) >= 11 is 0. The molecule has 0 spiro atoms. The van der Waals surface area contributed by atoms with E-state index in [4.69, 9.17) is 4.74 Å². The van der Waals surface area contributed by atoms with E-state index in [1.165, 1.54) is 5.56 Å². The zero-order valence-electron chi connectivity index (χ0n) is 14.4. The van der Waals surface area contributed by atoms with Gasteiger partial charge in [-0.15, -0.1) is 0 Å². The molecule has 128 valence electrons. The molecule has 5 heteroatoms. The summed E-state index contributed by atoms with van der Waals surface area (Å²) in [4.78, 5) is 4.18. The van der Waals surface area contributed by atoms with E-state index in [1.807, 2.05) is 24.3 Å². The summed E-state index contributed by atoms with van der Waals surface area (Å²) in [5, 5.41) is 6.44. The number of nitrogens with zero attached hydrogens (tertiary/aromatic N) is 1. The van der Waals surface area contributed by atoms with Crippen LogP contribution in [0.25, 0.3) is 0 Å². The Labute approximate surface area is 142 Å². The fraction of sp³-hybridized carbons (Fsp3) is 0.316. The lowest BCUT2D eigenvalue weighted by Crippen LogP contribution is -2.37. The average molecular weight is 329 g/mol. The van der Waals surface area contributed by atoms with Crippen LogP contribution in [0, 0.1) is 12.7 Å². The minimum absolute atomic E-state index is 0.185. The van der Waals surface area contributed by atoms with Gasteiger partial charge in [0.2, 0.25) is 0 Å². The predicted molar refractivity (Wildman–Crippen MR) is 96.0 cm³/mol. The normalized spacial score (nSPS) is 11.2. The van der Waals surface area contributed by atoms with Crippen molar-refractivity contribution in [3.63, 3.8) is 0 Å². The Bertz CT molecular complexity index is 701. The van der Waals surface area contributed by atoms with Crippen LogP contribution in [0.2, 0.25) is 0 Å². The lowest BCUT2D eigenvalue weighted by molar-refractivity contribution is 0.414.